The SMILES string of the molecule is CCOC(=O)C(=CNCc1ccccn1)C(=O)OCC. The molecule has 0 aromatic carbocycles. The first kappa shape index (κ1) is 15.7. The Morgan fingerprint density at radius 1 is 1.20 bits per heavy atom. The van der Waals surface area contributed by atoms with Crippen molar-refractivity contribution < 1.29 is 19.1 Å². The first-order valence-electron chi connectivity index (χ1n) is 6.36. The highest BCUT2D eigenvalue weighted by Gasteiger charge is 2.20. The molecule has 0 fully saturated rings. The standard InChI is InChI=1S/C14H18N2O4/c1-3-19-13(17)12(14(18)20-4-2)10-15-9-11-7-5-6-8-16-11/h5-8,10,15H,3-4,9H2,1-2H3. The minimum Gasteiger partial charge on any atom is -0.462 e. The molecule has 0 unspecified atom stereocenters. The van der Waals surface area contributed by atoms with Gasteiger partial charge < -0.3 is 14.8 Å². The number of rotatable bonds is 7. The minimum absolute atomic E-state index is 0.162. The van der Waals surface area contributed by atoms with Gasteiger partial charge in [-0.2, -0.15) is 0 Å². The number of hydrogen-bond acceptors (Lipinski definition) is 6. The molecule has 0 spiro atoms. The van der Waals surface area contributed by atoms with E-state index in [1.54, 1.807) is 20.0 Å². The molecular formula is C14H18N2O4. The molecule has 0 radical (unpaired) electrons. The predicted octanol–water partition coefficient (Wildman–Crippen LogP) is 1.18. The zero-order valence-corrected chi connectivity index (χ0v) is 11.6. The Morgan fingerprint density at radius 2 is 1.85 bits per heavy atom. The Balaban J connectivity index is 2.69. The molecule has 1 aromatic heterocycles. The number of carbonyl (C=O) groups excluding carboxylic acids is 2. The molecule has 1 N–H and O–H groups in total. The molecule has 0 aliphatic carbocycles. The topological polar surface area (TPSA) is 77.5 Å². The van der Waals surface area contributed by atoms with Gasteiger partial charge in [0, 0.05) is 12.4 Å². The average molecular weight is 278 g/mol. The van der Waals surface area contributed by atoms with Gasteiger partial charge in [-0.15, -0.1) is 0 Å². The summed E-state index contributed by atoms with van der Waals surface area (Å²) in [5.74, 6) is -1.42. The van der Waals surface area contributed by atoms with Crippen molar-refractivity contribution in [3.63, 3.8) is 0 Å². The Bertz CT molecular complexity index is 451. The van der Waals surface area contributed by atoms with Crippen LogP contribution in [-0.2, 0) is 25.6 Å². The molecule has 0 saturated carbocycles. The van der Waals surface area contributed by atoms with Crippen molar-refractivity contribution in [2.45, 2.75) is 20.4 Å². The maximum atomic E-state index is 11.7. The summed E-state index contributed by atoms with van der Waals surface area (Å²) in [7, 11) is 0. The van der Waals surface area contributed by atoms with Gasteiger partial charge in [-0.1, -0.05) is 6.07 Å². The van der Waals surface area contributed by atoms with Crippen LogP contribution in [0.3, 0.4) is 0 Å². The lowest BCUT2D eigenvalue weighted by Gasteiger charge is -2.07. The Kier molecular flexibility index (Phi) is 6.81. The summed E-state index contributed by atoms with van der Waals surface area (Å²) in [5.41, 5.74) is 0.625. The second-order valence-corrected chi connectivity index (χ2v) is 3.70. The molecular weight excluding hydrogens is 260 g/mol. The largest absolute Gasteiger partial charge is 0.462 e. The third-order valence-corrected chi connectivity index (χ3v) is 2.25. The van der Waals surface area contributed by atoms with E-state index in [1.165, 1.54) is 6.20 Å². The van der Waals surface area contributed by atoms with Crippen molar-refractivity contribution in [3.8, 4) is 0 Å². The van der Waals surface area contributed by atoms with E-state index in [2.05, 4.69) is 10.3 Å². The van der Waals surface area contributed by atoms with Gasteiger partial charge in [0.05, 0.1) is 25.5 Å². The van der Waals surface area contributed by atoms with Crippen LogP contribution in [-0.4, -0.2) is 30.1 Å². The number of pyridine rings is 1. The van der Waals surface area contributed by atoms with Gasteiger partial charge in [0.15, 0.2) is 5.57 Å². The van der Waals surface area contributed by atoms with Gasteiger partial charge in [0.1, 0.15) is 0 Å². The third-order valence-electron chi connectivity index (χ3n) is 2.25. The van der Waals surface area contributed by atoms with Crippen molar-refractivity contribution in [3.05, 3.63) is 41.9 Å². The number of nitrogens with zero attached hydrogens (tertiary/aromatic N) is 1. The van der Waals surface area contributed by atoms with E-state index in [1.807, 2.05) is 18.2 Å². The lowest BCUT2D eigenvalue weighted by molar-refractivity contribution is -0.146. The van der Waals surface area contributed by atoms with E-state index in [0.29, 0.717) is 6.54 Å². The van der Waals surface area contributed by atoms with Crippen molar-refractivity contribution in [1.29, 1.82) is 0 Å². The summed E-state index contributed by atoms with van der Waals surface area (Å²) in [6.07, 6.45) is 2.96. The van der Waals surface area contributed by atoms with Gasteiger partial charge in [0.25, 0.3) is 0 Å². The van der Waals surface area contributed by atoms with Gasteiger partial charge in [-0.25, -0.2) is 9.59 Å². The molecule has 1 heterocycles. The molecule has 0 atom stereocenters. The van der Waals surface area contributed by atoms with Crippen molar-refractivity contribution >= 4 is 11.9 Å². The highest BCUT2D eigenvalue weighted by Crippen LogP contribution is 2.02. The maximum Gasteiger partial charge on any atom is 0.347 e. The van der Waals surface area contributed by atoms with E-state index < -0.39 is 11.9 Å². The fourth-order valence-electron chi connectivity index (χ4n) is 1.38. The van der Waals surface area contributed by atoms with Gasteiger partial charge in [-0.05, 0) is 26.0 Å². The quantitative estimate of drug-likeness (QED) is 0.349. The molecule has 0 aliphatic heterocycles. The van der Waals surface area contributed by atoms with E-state index >= 15 is 0 Å². The fraction of sp³-hybridized carbons (Fsp3) is 0.357. The molecule has 108 valence electrons. The smallest absolute Gasteiger partial charge is 0.347 e. The van der Waals surface area contributed by atoms with Crippen LogP contribution in [0, 0.1) is 0 Å². The number of ether oxygens (including phenoxy) is 2. The number of carbonyl (C=O) groups is 2. The second kappa shape index (κ2) is 8.68. The van der Waals surface area contributed by atoms with Gasteiger partial charge in [0.2, 0.25) is 0 Å². The van der Waals surface area contributed by atoms with Crippen molar-refractivity contribution in [1.82, 2.24) is 10.3 Å². The molecule has 1 rings (SSSR count). The minimum atomic E-state index is -0.709. The van der Waals surface area contributed by atoms with Gasteiger partial charge >= 0.3 is 11.9 Å². The highest BCUT2D eigenvalue weighted by atomic mass is 16.6. The number of aromatic nitrogens is 1. The van der Waals surface area contributed by atoms with E-state index in [9.17, 15) is 9.59 Å². The molecule has 0 amide bonds. The van der Waals surface area contributed by atoms with Gasteiger partial charge in [-0.3, -0.25) is 4.98 Å². The first-order valence-corrected chi connectivity index (χ1v) is 6.36. The summed E-state index contributed by atoms with van der Waals surface area (Å²) in [6, 6.07) is 5.49. The molecule has 0 bridgehead atoms. The molecule has 1 aromatic rings. The second-order valence-electron chi connectivity index (χ2n) is 3.70. The zero-order chi connectivity index (χ0) is 14.8. The Morgan fingerprint density at radius 3 is 2.35 bits per heavy atom. The Labute approximate surface area is 117 Å². The average Bonchev–Trinajstić information content (AvgIpc) is 2.45. The van der Waals surface area contributed by atoms with Crippen molar-refractivity contribution in [2.24, 2.45) is 0 Å². The lowest BCUT2D eigenvalue weighted by Crippen LogP contribution is -2.21. The van der Waals surface area contributed by atoms with Crippen LogP contribution in [0.1, 0.15) is 19.5 Å². The summed E-state index contributed by atoms with van der Waals surface area (Å²) < 4.78 is 9.62. The molecule has 6 nitrogen and oxygen atoms in total. The maximum absolute atomic E-state index is 11.7. The highest BCUT2D eigenvalue weighted by molar-refractivity contribution is 6.13. The summed E-state index contributed by atoms with van der Waals surface area (Å²) in [5, 5.41) is 2.85. The summed E-state index contributed by atoms with van der Waals surface area (Å²) in [6.45, 7) is 4.11. The van der Waals surface area contributed by atoms with E-state index in [-0.39, 0.29) is 18.8 Å². The van der Waals surface area contributed by atoms with Crippen LogP contribution in [0.4, 0.5) is 0 Å². The van der Waals surface area contributed by atoms with Crippen LogP contribution >= 0.6 is 0 Å². The molecule has 0 saturated heterocycles. The predicted molar refractivity (Wildman–Crippen MR) is 72.4 cm³/mol. The molecule has 20 heavy (non-hydrogen) atoms. The van der Waals surface area contributed by atoms with Crippen LogP contribution in [0.5, 0.6) is 0 Å². The van der Waals surface area contributed by atoms with Crippen LogP contribution in [0.2, 0.25) is 0 Å². The number of hydrogen-bond donors (Lipinski definition) is 1. The lowest BCUT2D eigenvalue weighted by atomic mass is 10.3. The summed E-state index contributed by atoms with van der Waals surface area (Å²) in [4.78, 5) is 27.4. The van der Waals surface area contributed by atoms with Crippen LogP contribution in [0.15, 0.2) is 36.2 Å². The van der Waals surface area contributed by atoms with Crippen LogP contribution in [0.25, 0.3) is 0 Å². The van der Waals surface area contributed by atoms with Crippen molar-refractivity contribution in [2.75, 3.05) is 13.2 Å². The fourth-order valence-corrected chi connectivity index (χ4v) is 1.38. The molecule has 0 aliphatic rings. The normalized spacial score (nSPS) is 9.50. The monoisotopic (exact) mass is 278 g/mol. The Hall–Kier alpha value is -2.37. The zero-order valence-electron chi connectivity index (χ0n) is 11.6. The van der Waals surface area contributed by atoms with E-state index in [0.717, 1.165) is 5.69 Å². The summed E-state index contributed by atoms with van der Waals surface area (Å²) >= 11 is 0. The third kappa shape index (κ3) is 5.09. The first-order chi connectivity index (χ1) is 9.69. The van der Waals surface area contributed by atoms with Crippen LogP contribution < -0.4 is 5.32 Å². The molecule has 6 heteroatoms. The van der Waals surface area contributed by atoms with E-state index in [4.69, 9.17) is 9.47 Å². The number of esters is 2. The number of nitrogens with one attached hydrogen (secondary N) is 1.